The molecule has 0 radical (unpaired) electrons. The van der Waals surface area contributed by atoms with Crippen molar-refractivity contribution in [1.82, 2.24) is 9.88 Å². The molecule has 0 fully saturated rings. The molecule has 1 N–H and O–H groups in total. The van der Waals surface area contributed by atoms with Crippen molar-refractivity contribution in [1.29, 1.82) is 0 Å². The van der Waals surface area contributed by atoms with Crippen LogP contribution in [0.25, 0.3) is 0 Å². The summed E-state index contributed by atoms with van der Waals surface area (Å²) in [5.41, 5.74) is 0.926. The van der Waals surface area contributed by atoms with Crippen molar-refractivity contribution in [3.8, 4) is 0 Å². The molecule has 0 amide bonds. The largest absolute Gasteiger partial charge is 0.318 e. The van der Waals surface area contributed by atoms with Crippen LogP contribution >= 0.6 is 0 Å². The molecule has 0 aliphatic carbocycles. The van der Waals surface area contributed by atoms with Crippen molar-refractivity contribution in [2.75, 3.05) is 6.54 Å². The Morgan fingerprint density at radius 1 is 1.43 bits per heavy atom. The van der Waals surface area contributed by atoms with Crippen LogP contribution in [0.1, 0.15) is 38.4 Å². The summed E-state index contributed by atoms with van der Waals surface area (Å²) in [6.45, 7) is 2.45. The van der Waals surface area contributed by atoms with Crippen molar-refractivity contribution in [2.45, 2.75) is 32.9 Å². The molecule has 0 bridgehead atoms. The molecule has 1 atom stereocenters. The van der Waals surface area contributed by atoms with Crippen LogP contribution in [0.3, 0.4) is 0 Å². The van der Waals surface area contributed by atoms with Gasteiger partial charge in [0.1, 0.15) is 0 Å². The van der Waals surface area contributed by atoms with E-state index in [0.29, 0.717) is 0 Å². The Bertz CT molecular complexity index is 271. The molecule has 4 heteroatoms. The molecule has 1 rings (SSSR count). The van der Waals surface area contributed by atoms with Gasteiger partial charge in [0, 0.05) is 18.4 Å². The zero-order valence-corrected chi connectivity index (χ0v) is 8.50. The highest BCUT2D eigenvalue weighted by molar-refractivity contribution is 5.15. The van der Waals surface area contributed by atoms with E-state index in [1.54, 1.807) is 6.07 Å². The Kier molecular flexibility index (Phi) is 4.07. The van der Waals surface area contributed by atoms with E-state index in [-0.39, 0.29) is 6.04 Å². The standard InChI is InChI=1S/C10H16F2N2/c1-3-9(13-4-2)8-5-6-14(7-8)10(11)12/h5-7,9-10,13H,3-4H2,1-2H3. The Hall–Kier alpha value is -0.900. The number of alkyl halides is 2. The summed E-state index contributed by atoms with van der Waals surface area (Å²) in [4.78, 5) is 0. The van der Waals surface area contributed by atoms with Gasteiger partial charge in [-0.25, -0.2) is 0 Å². The van der Waals surface area contributed by atoms with E-state index < -0.39 is 6.55 Å². The van der Waals surface area contributed by atoms with Crippen LogP contribution in [-0.4, -0.2) is 11.1 Å². The maximum Gasteiger partial charge on any atom is 0.318 e. The molecular formula is C10H16F2N2. The molecule has 0 aliphatic heterocycles. The van der Waals surface area contributed by atoms with E-state index in [1.807, 2.05) is 13.8 Å². The Labute approximate surface area is 82.9 Å². The lowest BCUT2D eigenvalue weighted by molar-refractivity contribution is 0.0705. The second-order valence-corrected chi connectivity index (χ2v) is 3.19. The van der Waals surface area contributed by atoms with Gasteiger partial charge in [0.25, 0.3) is 0 Å². The molecular weight excluding hydrogens is 186 g/mol. The second-order valence-electron chi connectivity index (χ2n) is 3.19. The first kappa shape index (κ1) is 11.2. The van der Waals surface area contributed by atoms with Crippen LogP contribution in [0.5, 0.6) is 0 Å². The topological polar surface area (TPSA) is 17.0 Å². The van der Waals surface area contributed by atoms with Gasteiger partial charge in [-0.2, -0.15) is 8.78 Å². The molecule has 0 aliphatic rings. The summed E-state index contributed by atoms with van der Waals surface area (Å²) in [5, 5.41) is 3.24. The quantitative estimate of drug-likeness (QED) is 0.776. The van der Waals surface area contributed by atoms with Gasteiger partial charge in [0.15, 0.2) is 0 Å². The van der Waals surface area contributed by atoms with Crippen LogP contribution in [0.2, 0.25) is 0 Å². The summed E-state index contributed by atoms with van der Waals surface area (Å²) in [6.07, 6.45) is 3.82. The van der Waals surface area contributed by atoms with Crippen LogP contribution in [-0.2, 0) is 0 Å². The number of nitrogens with zero attached hydrogens (tertiary/aromatic N) is 1. The average Bonchev–Trinajstić information content (AvgIpc) is 2.63. The highest BCUT2D eigenvalue weighted by Crippen LogP contribution is 2.19. The van der Waals surface area contributed by atoms with Crippen LogP contribution in [0.4, 0.5) is 8.78 Å². The van der Waals surface area contributed by atoms with Gasteiger partial charge in [-0.15, -0.1) is 0 Å². The number of nitrogens with one attached hydrogen (secondary N) is 1. The van der Waals surface area contributed by atoms with E-state index >= 15 is 0 Å². The number of hydrogen-bond acceptors (Lipinski definition) is 1. The monoisotopic (exact) mass is 202 g/mol. The minimum absolute atomic E-state index is 0.181. The van der Waals surface area contributed by atoms with Crippen molar-refractivity contribution in [3.63, 3.8) is 0 Å². The third-order valence-electron chi connectivity index (χ3n) is 2.22. The first-order valence-corrected chi connectivity index (χ1v) is 4.88. The Morgan fingerprint density at radius 3 is 2.57 bits per heavy atom. The van der Waals surface area contributed by atoms with Crippen LogP contribution < -0.4 is 5.32 Å². The maximum atomic E-state index is 12.3. The first-order valence-electron chi connectivity index (χ1n) is 4.88. The lowest BCUT2D eigenvalue weighted by atomic mass is 10.1. The second kappa shape index (κ2) is 5.10. The number of aromatic nitrogens is 1. The molecule has 1 heterocycles. The van der Waals surface area contributed by atoms with Gasteiger partial charge in [-0.1, -0.05) is 13.8 Å². The van der Waals surface area contributed by atoms with Gasteiger partial charge >= 0.3 is 6.55 Å². The predicted molar refractivity (Wildman–Crippen MR) is 52.4 cm³/mol. The molecule has 0 spiro atoms. The van der Waals surface area contributed by atoms with Crippen LogP contribution in [0, 0.1) is 0 Å². The fraction of sp³-hybridized carbons (Fsp3) is 0.600. The Morgan fingerprint density at radius 2 is 2.14 bits per heavy atom. The molecule has 0 saturated carbocycles. The summed E-state index contributed by atoms with van der Waals surface area (Å²) >= 11 is 0. The summed E-state index contributed by atoms with van der Waals surface area (Å²) in [7, 11) is 0. The van der Waals surface area contributed by atoms with Crippen molar-refractivity contribution in [3.05, 3.63) is 24.0 Å². The Balaban J connectivity index is 2.73. The lowest BCUT2D eigenvalue weighted by Crippen LogP contribution is -2.19. The first-order chi connectivity index (χ1) is 6.69. The molecule has 80 valence electrons. The van der Waals surface area contributed by atoms with Gasteiger partial charge in [0.2, 0.25) is 0 Å². The van der Waals surface area contributed by atoms with E-state index in [1.165, 1.54) is 12.4 Å². The SMILES string of the molecule is CCNC(CC)c1ccn(C(F)F)c1. The lowest BCUT2D eigenvalue weighted by Gasteiger charge is -2.13. The number of rotatable bonds is 5. The fourth-order valence-electron chi connectivity index (χ4n) is 1.50. The van der Waals surface area contributed by atoms with E-state index in [4.69, 9.17) is 0 Å². The molecule has 1 aromatic heterocycles. The highest BCUT2D eigenvalue weighted by atomic mass is 19.3. The van der Waals surface area contributed by atoms with E-state index in [2.05, 4.69) is 5.32 Å². The van der Waals surface area contributed by atoms with Gasteiger partial charge in [0.05, 0.1) is 0 Å². The third kappa shape index (κ3) is 2.54. The van der Waals surface area contributed by atoms with Gasteiger partial charge in [-0.05, 0) is 24.6 Å². The predicted octanol–water partition coefficient (Wildman–Crippen LogP) is 2.94. The van der Waals surface area contributed by atoms with Crippen molar-refractivity contribution in [2.24, 2.45) is 0 Å². The summed E-state index contributed by atoms with van der Waals surface area (Å²) in [5.74, 6) is 0. The molecule has 0 saturated heterocycles. The minimum Gasteiger partial charge on any atom is -0.310 e. The smallest absolute Gasteiger partial charge is 0.310 e. The molecule has 14 heavy (non-hydrogen) atoms. The summed E-state index contributed by atoms with van der Waals surface area (Å²) in [6, 6.07) is 1.92. The molecule has 1 aromatic rings. The van der Waals surface area contributed by atoms with E-state index in [0.717, 1.165) is 23.1 Å². The van der Waals surface area contributed by atoms with Crippen LogP contribution in [0.15, 0.2) is 18.5 Å². The van der Waals surface area contributed by atoms with E-state index in [9.17, 15) is 8.78 Å². The summed E-state index contributed by atoms with van der Waals surface area (Å²) < 4.78 is 25.5. The zero-order chi connectivity index (χ0) is 10.6. The average molecular weight is 202 g/mol. The minimum atomic E-state index is -2.44. The van der Waals surface area contributed by atoms with Crippen molar-refractivity contribution < 1.29 is 8.78 Å². The third-order valence-corrected chi connectivity index (χ3v) is 2.22. The number of halogens is 2. The molecule has 2 nitrogen and oxygen atoms in total. The zero-order valence-electron chi connectivity index (χ0n) is 8.50. The fourth-order valence-corrected chi connectivity index (χ4v) is 1.50. The molecule has 1 unspecified atom stereocenters. The normalized spacial score (nSPS) is 13.5. The van der Waals surface area contributed by atoms with Gasteiger partial charge in [-0.3, -0.25) is 4.57 Å². The molecule has 0 aromatic carbocycles. The van der Waals surface area contributed by atoms with Crippen molar-refractivity contribution >= 4 is 0 Å². The maximum absolute atomic E-state index is 12.3. The number of hydrogen-bond donors (Lipinski definition) is 1. The van der Waals surface area contributed by atoms with Gasteiger partial charge < -0.3 is 5.32 Å². The highest BCUT2D eigenvalue weighted by Gasteiger charge is 2.11.